The van der Waals surface area contributed by atoms with Crippen LogP contribution in [0, 0.1) is 0 Å². The maximum Gasteiger partial charge on any atom is 0.254 e. The summed E-state index contributed by atoms with van der Waals surface area (Å²) in [7, 11) is -0.936. The Kier molecular flexibility index (Phi) is 4.70. The number of carbonyl (C=O) groups excluding carboxylic acids is 1. The molecule has 0 radical (unpaired) electrons. The molecule has 1 rings (SSSR count). The number of rotatable bonds is 4. The van der Waals surface area contributed by atoms with Crippen LogP contribution in [-0.2, 0) is 10.8 Å². The Morgan fingerprint density at radius 1 is 1.69 bits per heavy atom. The maximum atomic E-state index is 11.6. The first-order valence-electron chi connectivity index (χ1n) is 4.50. The van der Waals surface area contributed by atoms with Crippen molar-refractivity contribution >= 4 is 34.0 Å². The first-order chi connectivity index (χ1) is 7.50. The van der Waals surface area contributed by atoms with Crippen LogP contribution in [0.4, 0.5) is 5.69 Å². The van der Waals surface area contributed by atoms with Crippen molar-refractivity contribution in [1.82, 2.24) is 10.3 Å². The zero-order valence-corrected chi connectivity index (χ0v) is 10.3. The number of nitrogens with one attached hydrogen (secondary N) is 1. The summed E-state index contributed by atoms with van der Waals surface area (Å²) in [5.41, 5.74) is 6.09. The van der Waals surface area contributed by atoms with Crippen molar-refractivity contribution in [3.05, 3.63) is 23.0 Å². The number of carbonyl (C=O) groups is 1. The number of hydrogen-bond donors (Lipinski definition) is 2. The van der Waals surface area contributed by atoms with Gasteiger partial charge in [-0.25, -0.2) is 4.98 Å². The maximum absolute atomic E-state index is 11.6. The Hall–Kier alpha value is -1.14. The normalized spacial score (nSPS) is 12.1. The topological polar surface area (TPSA) is 85.1 Å². The van der Waals surface area contributed by atoms with Gasteiger partial charge in [-0.05, 0) is 6.07 Å². The van der Waals surface area contributed by atoms with Gasteiger partial charge in [-0.1, -0.05) is 11.6 Å². The van der Waals surface area contributed by atoms with Crippen molar-refractivity contribution in [2.24, 2.45) is 0 Å². The van der Waals surface area contributed by atoms with Crippen LogP contribution in [0.25, 0.3) is 0 Å². The van der Waals surface area contributed by atoms with Crippen LogP contribution in [0.3, 0.4) is 0 Å². The Morgan fingerprint density at radius 3 is 3.00 bits per heavy atom. The highest BCUT2D eigenvalue weighted by molar-refractivity contribution is 7.84. The van der Waals surface area contributed by atoms with E-state index in [2.05, 4.69) is 10.3 Å². The molecule has 1 aromatic rings. The van der Waals surface area contributed by atoms with Gasteiger partial charge in [0.1, 0.15) is 5.15 Å². The summed E-state index contributed by atoms with van der Waals surface area (Å²) in [5, 5.41) is 2.69. The number of hydrogen-bond acceptors (Lipinski definition) is 4. The molecule has 5 nitrogen and oxygen atoms in total. The molecule has 3 N–H and O–H groups in total. The molecule has 0 spiro atoms. The van der Waals surface area contributed by atoms with Crippen LogP contribution in [0.5, 0.6) is 0 Å². The smallest absolute Gasteiger partial charge is 0.254 e. The summed E-state index contributed by atoms with van der Waals surface area (Å²) in [4.78, 5) is 15.4. The van der Waals surface area contributed by atoms with E-state index in [0.29, 0.717) is 18.0 Å². The van der Waals surface area contributed by atoms with E-state index >= 15 is 0 Å². The third-order valence-electron chi connectivity index (χ3n) is 1.78. The Morgan fingerprint density at radius 2 is 2.38 bits per heavy atom. The quantitative estimate of drug-likeness (QED) is 0.770. The summed E-state index contributed by atoms with van der Waals surface area (Å²) in [6, 6.07) is 1.45. The minimum Gasteiger partial charge on any atom is -0.397 e. The molecule has 1 amide bonds. The monoisotopic (exact) mass is 261 g/mol. The predicted molar refractivity (Wildman–Crippen MR) is 64.9 cm³/mol. The minimum absolute atomic E-state index is 0.101. The van der Waals surface area contributed by atoms with Crippen LogP contribution >= 0.6 is 11.6 Å². The SMILES string of the molecule is CS(=O)CCNC(=O)c1cc(N)cnc1Cl. The number of pyridine rings is 1. The molecule has 1 aromatic heterocycles. The lowest BCUT2D eigenvalue weighted by molar-refractivity contribution is 0.0956. The third-order valence-corrected chi connectivity index (χ3v) is 2.86. The minimum atomic E-state index is -0.936. The number of anilines is 1. The Balaban J connectivity index is 2.65. The van der Waals surface area contributed by atoms with Crippen molar-refractivity contribution in [1.29, 1.82) is 0 Å². The van der Waals surface area contributed by atoms with Gasteiger partial charge in [0.2, 0.25) is 0 Å². The summed E-state index contributed by atoms with van der Waals surface area (Å²) < 4.78 is 10.8. The molecule has 1 atom stereocenters. The second-order valence-corrected chi connectivity index (χ2v) is 5.05. The molecule has 1 unspecified atom stereocenters. The number of nitrogens with zero attached hydrogens (tertiary/aromatic N) is 1. The summed E-state index contributed by atoms with van der Waals surface area (Å²) in [6.45, 7) is 0.326. The number of nitrogens with two attached hydrogens (primary N) is 1. The lowest BCUT2D eigenvalue weighted by Crippen LogP contribution is -2.28. The summed E-state index contributed by atoms with van der Waals surface area (Å²) in [5.74, 6) is 0.0364. The van der Waals surface area contributed by atoms with E-state index in [9.17, 15) is 9.00 Å². The van der Waals surface area contributed by atoms with E-state index < -0.39 is 10.8 Å². The van der Waals surface area contributed by atoms with Crippen LogP contribution in [0.1, 0.15) is 10.4 Å². The Labute approximate surface area is 101 Å². The first-order valence-corrected chi connectivity index (χ1v) is 6.60. The highest BCUT2D eigenvalue weighted by Gasteiger charge is 2.11. The molecule has 0 fully saturated rings. The zero-order chi connectivity index (χ0) is 12.1. The van der Waals surface area contributed by atoms with E-state index in [4.69, 9.17) is 17.3 Å². The van der Waals surface area contributed by atoms with Crippen LogP contribution < -0.4 is 11.1 Å². The lowest BCUT2D eigenvalue weighted by atomic mass is 10.2. The second kappa shape index (κ2) is 5.81. The van der Waals surface area contributed by atoms with Gasteiger partial charge in [-0.15, -0.1) is 0 Å². The van der Waals surface area contributed by atoms with Gasteiger partial charge in [-0.3, -0.25) is 9.00 Å². The van der Waals surface area contributed by atoms with Gasteiger partial charge in [0, 0.05) is 29.4 Å². The second-order valence-electron chi connectivity index (χ2n) is 3.14. The van der Waals surface area contributed by atoms with Crippen molar-refractivity contribution in [3.63, 3.8) is 0 Å². The van der Waals surface area contributed by atoms with Crippen LogP contribution in [-0.4, -0.2) is 33.7 Å². The summed E-state index contributed by atoms with van der Waals surface area (Å²) in [6.07, 6.45) is 2.95. The highest BCUT2D eigenvalue weighted by Crippen LogP contribution is 2.14. The molecular weight excluding hydrogens is 250 g/mol. The molecule has 0 saturated carbocycles. The molecule has 0 aliphatic heterocycles. The first kappa shape index (κ1) is 12.9. The number of amides is 1. The molecule has 7 heteroatoms. The van der Waals surface area contributed by atoms with Gasteiger partial charge in [-0.2, -0.15) is 0 Å². The lowest BCUT2D eigenvalue weighted by Gasteiger charge is -2.05. The predicted octanol–water partition coefficient (Wildman–Crippen LogP) is 0.426. The number of nitrogen functional groups attached to an aromatic ring is 1. The van der Waals surface area contributed by atoms with E-state index in [0.717, 1.165) is 0 Å². The fourth-order valence-corrected chi connectivity index (χ4v) is 1.61. The fraction of sp³-hybridized carbons (Fsp3) is 0.333. The van der Waals surface area contributed by atoms with E-state index in [1.165, 1.54) is 12.3 Å². The van der Waals surface area contributed by atoms with Gasteiger partial charge in [0.05, 0.1) is 17.4 Å². The van der Waals surface area contributed by atoms with Gasteiger partial charge < -0.3 is 11.1 Å². The molecule has 0 bridgehead atoms. The van der Waals surface area contributed by atoms with Crippen molar-refractivity contribution in [2.45, 2.75) is 0 Å². The van der Waals surface area contributed by atoms with E-state index in [1.54, 1.807) is 6.26 Å². The molecule has 0 aromatic carbocycles. The molecule has 0 aliphatic rings. The number of halogens is 1. The van der Waals surface area contributed by atoms with Crippen molar-refractivity contribution < 1.29 is 9.00 Å². The molecule has 1 heterocycles. The molecule has 0 saturated heterocycles. The zero-order valence-electron chi connectivity index (χ0n) is 8.70. The van der Waals surface area contributed by atoms with Crippen LogP contribution in [0.2, 0.25) is 5.15 Å². The molecular formula is C9H12ClN3O2S. The molecule has 0 aliphatic carbocycles. The average molecular weight is 262 g/mol. The fourth-order valence-electron chi connectivity index (χ4n) is 1.03. The van der Waals surface area contributed by atoms with E-state index in [1.807, 2.05) is 0 Å². The largest absolute Gasteiger partial charge is 0.397 e. The molecule has 16 heavy (non-hydrogen) atoms. The Bertz CT molecular complexity index is 425. The average Bonchev–Trinajstić information content (AvgIpc) is 2.21. The van der Waals surface area contributed by atoms with Crippen molar-refractivity contribution in [3.8, 4) is 0 Å². The van der Waals surface area contributed by atoms with E-state index in [-0.39, 0.29) is 16.6 Å². The molecule has 88 valence electrons. The third kappa shape index (κ3) is 3.79. The van der Waals surface area contributed by atoms with Gasteiger partial charge in [0.25, 0.3) is 5.91 Å². The van der Waals surface area contributed by atoms with Crippen LogP contribution in [0.15, 0.2) is 12.3 Å². The van der Waals surface area contributed by atoms with Crippen molar-refractivity contribution in [2.75, 3.05) is 24.3 Å². The number of aromatic nitrogens is 1. The van der Waals surface area contributed by atoms with Gasteiger partial charge >= 0.3 is 0 Å². The highest BCUT2D eigenvalue weighted by atomic mass is 35.5. The summed E-state index contributed by atoms with van der Waals surface area (Å²) >= 11 is 5.75. The van der Waals surface area contributed by atoms with Gasteiger partial charge in [0.15, 0.2) is 0 Å². The standard InChI is InChI=1S/C9H12ClN3O2S/c1-16(15)3-2-12-9(14)7-4-6(11)5-13-8(7)10/h4-5H,2-3,11H2,1H3,(H,12,14).